The highest BCUT2D eigenvalue weighted by Crippen LogP contribution is 2.24. The highest BCUT2D eigenvalue weighted by molar-refractivity contribution is 5.85. The topological polar surface area (TPSA) is 0 Å². The van der Waals surface area contributed by atoms with Crippen LogP contribution in [0.15, 0.2) is 78.9 Å². The van der Waals surface area contributed by atoms with Crippen molar-refractivity contribution in [3.63, 3.8) is 0 Å². The Balaban J connectivity index is 1.37. The molecule has 0 radical (unpaired) electrons. The first-order valence-corrected chi connectivity index (χ1v) is 14.1. The largest absolute Gasteiger partial charge is 0.206 e. The lowest BCUT2D eigenvalue weighted by Gasteiger charge is -2.07. The van der Waals surface area contributed by atoms with Gasteiger partial charge >= 0.3 is 0 Å². The van der Waals surface area contributed by atoms with Gasteiger partial charge in [0.25, 0.3) is 0 Å². The zero-order valence-corrected chi connectivity index (χ0v) is 22.7. The van der Waals surface area contributed by atoms with Crippen molar-refractivity contribution in [1.82, 2.24) is 0 Å². The predicted molar refractivity (Wildman–Crippen MR) is 160 cm³/mol. The molecule has 0 amide bonds. The Kier molecular flexibility index (Phi) is 10.2. The van der Waals surface area contributed by atoms with E-state index in [4.69, 9.17) is 0 Å². The molecule has 0 N–H and O–H groups in total. The molecule has 4 aromatic carbocycles. The summed E-state index contributed by atoms with van der Waals surface area (Å²) in [5, 5.41) is 1.57. The second kappa shape index (κ2) is 14.2. The molecule has 0 unspecified atom stereocenters. The van der Waals surface area contributed by atoms with Crippen LogP contribution in [-0.4, -0.2) is 0 Å². The smallest absolute Gasteiger partial charge is 0.134 e. The van der Waals surface area contributed by atoms with Gasteiger partial charge in [-0.2, -0.15) is 0 Å². The molecule has 0 aliphatic carbocycles. The number of fused-ring (bicyclic) bond motifs is 1. The summed E-state index contributed by atoms with van der Waals surface area (Å²) in [5.74, 6) is 12.9. The molecule has 4 rings (SSSR count). The van der Waals surface area contributed by atoms with Gasteiger partial charge in [0, 0.05) is 27.6 Å². The molecule has 0 spiro atoms. The minimum atomic E-state index is -0.0897. The van der Waals surface area contributed by atoms with Gasteiger partial charge in [-0.15, -0.1) is 0 Å². The van der Waals surface area contributed by atoms with Crippen LogP contribution in [0.1, 0.15) is 92.2 Å². The van der Waals surface area contributed by atoms with E-state index in [2.05, 4.69) is 61.8 Å². The summed E-state index contributed by atoms with van der Waals surface area (Å²) in [7, 11) is 0. The van der Waals surface area contributed by atoms with E-state index in [1.54, 1.807) is 0 Å². The van der Waals surface area contributed by atoms with Crippen LogP contribution in [0, 0.1) is 29.5 Å². The molecule has 1 heteroatoms. The third-order valence-electron chi connectivity index (χ3n) is 6.94. The number of aryl methyl sites for hydroxylation is 2. The molecule has 0 aliphatic rings. The van der Waals surface area contributed by atoms with Crippen molar-refractivity contribution >= 4 is 10.8 Å². The quantitative estimate of drug-likeness (QED) is 0.158. The molecule has 0 aliphatic heterocycles. The third-order valence-corrected chi connectivity index (χ3v) is 6.94. The van der Waals surface area contributed by atoms with Crippen LogP contribution in [0.4, 0.5) is 4.39 Å². The molecule has 4 aromatic rings. The first kappa shape index (κ1) is 27.2. The number of unbranched alkanes of at least 4 members (excludes halogenated alkanes) is 5. The van der Waals surface area contributed by atoms with E-state index in [9.17, 15) is 4.39 Å². The van der Waals surface area contributed by atoms with Gasteiger partial charge in [0.15, 0.2) is 0 Å². The Morgan fingerprint density at radius 1 is 0.526 bits per heavy atom. The van der Waals surface area contributed by atoms with Crippen LogP contribution < -0.4 is 0 Å². The van der Waals surface area contributed by atoms with Crippen LogP contribution in [0.2, 0.25) is 0 Å². The normalized spacial score (nSPS) is 10.5. The SMILES string of the molecule is CCCCCCc1ccc(C#Cc2ccc(C#Cc3ccc4c(F)c(CCCCC)ccc4c3)cc2)cc1. The molecule has 0 bridgehead atoms. The van der Waals surface area contributed by atoms with E-state index in [0.717, 1.165) is 65.3 Å². The Bertz CT molecular complexity index is 1450. The Morgan fingerprint density at radius 3 is 1.68 bits per heavy atom. The molecule has 0 aromatic heterocycles. The lowest BCUT2D eigenvalue weighted by molar-refractivity contribution is 0.609. The maximum absolute atomic E-state index is 14.9. The van der Waals surface area contributed by atoms with Crippen LogP contribution in [0.5, 0.6) is 0 Å². The van der Waals surface area contributed by atoms with E-state index >= 15 is 0 Å². The van der Waals surface area contributed by atoms with E-state index in [1.807, 2.05) is 54.6 Å². The highest BCUT2D eigenvalue weighted by atomic mass is 19.1. The van der Waals surface area contributed by atoms with Gasteiger partial charge in [-0.25, -0.2) is 4.39 Å². The third kappa shape index (κ3) is 7.84. The standard InChI is InChI=1S/C37H37F/c1-3-5-7-9-10-29-12-14-30(15-13-29)16-17-31-18-20-32(21-19-31)22-23-33-24-27-36-35(28-33)26-25-34(37(36)38)11-8-6-4-2/h12-15,18-21,24-28H,3-11H2,1-2H3. The lowest BCUT2D eigenvalue weighted by Crippen LogP contribution is -1.93. The van der Waals surface area contributed by atoms with Gasteiger partial charge in [0.2, 0.25) is 0 Å². The molecule has 0 heterocycles. The Labute approximate surface area is 228 Å². The molecule has 0 saturated heterocycles. The van der Waals surface area contributed by atoms with Crippen molar-refractivity contribution in [2.24, 2.45) is 0 Å². The fraction of sp³-hybridized carbons (Fsp3) is 0.297. The molecule has 38 heavy (non-hydrogen) atoms. The van der Waals surface area contributed by atoms with Gasteiger partial charge in [-0.05, 0) is 90.7 Å². The van der Waals surface area contributed by atoms with Crippen molar-refractivity contribution in [2.45, 2.75) is 71.6 Å². The summed E-state index contributed by atoms with van der Waals surface area (Å²) in [6, 6.07) is 26.3. The highest BCUT2D eigenvalue weighted by Gasteiger charge is 2.07. The molecule has 0 saturated carbocycles. The van der Waals surface area contributed by atoms with Crippen LogP contribution in [0.25, 0.3) is 10.8 Å². The summed E-state index contributed by atoms with van der Waals surface area (Å²) in [6.07, 6.45) is 10.4. The van der Waals surface area contributed by atoms with Gasteiger partial charge in [0.05, 0.1) is 0 Å². The number of hydrogen-bond donors (Lipinski definition) is 0. The summed E-state index contributed by atoms with van der Waals surface area (Å²) in [5.41, 5.74) is 6.01. The first-order chi connectivity index (χ1) is 18.7. The Hall–Kier alpha value is -3.81. The monoisotopic (exact) mass is 500 g/mol. The first-order valence-electron chi connectivity index (χ1n) is 14.1. The number of rotatable bonds is 9. The number of benzene rings is 4. The molecule has 0 fully saturated rings. The summed E-state index contributed by atoms with van der Waals surface area (Å²) in [6.45, 7) is 4.41. The average Bonchev–Trinajstić information content (AvgIpc) is 2.95. The fourth-order valence-electron chi connectivity index (χ4n) is 4.61. The van der Waals surface area contributed by atoms with E-state index in [0.29, 0.717) is 5.39 Å². The minimum absolute atomic E-state index is 0.0897. The van der Waals surface area contributed by atoms with Crippen molar-refractivity contribution in [3.8, 4) is 23.7 Å². The molecular weight excluding hydrogens is 463 g/mol. The van der Waals surface area contributed by atoms with Crippen molar-refractivity contribution in [1.29, 1.82) is 0 Å². The van der Waals surface area contributed by atoms with Gasteiger partial charge < -0.3 is 0 Å². The minimum Gasteiger partial charge on any atom is -0.206 e. The van der Waals surface area contributed by atoms with Crippen LogP contribution in [0.3, 0.4) is 0 Å². The molecular formula is C37H37F. The van der Waals surface area contributed by atoms with Gasteiger partial charge in [0.1, 0.15) is 5.82 Å². The predicted octanol–water partition coefficient (Wildman–Crippen LogP) is 9.63. The second-order valence-corrected chi connectivity index (χ2v) is 10.0. The maximum atomic E-state index is 14.9. The molecule has 0 nitrogen and oxygen atoms in total. The summed E-state index contributed by atoms with van der Waals surface area (Å²) in [4.78, 5) is 0. The fourth-order valence-corrected chi connectivity index (χ4v) is 4.61. The van der Waals surface area contributed by atoms with Crippen molar-refractivity contribution in [2.75, 3.05) is 0 Å². The zero-order chi connectivity index (χ0) is 26.6. The number of hydrogen-bond acceptors (Lipinski definition) is 0. The maximum Gasteiger partial charge on any atom is 0.134 e. The number of halogens is 1. The van der Waals surface area contributed by atoms with E-state index in [1.165, 1.54) is 31.2 Å². The van der Waals surface area contributed by atoms with Crippen molar-refractivity contribution < 1.29 is 4.39 Å². The molecule has 192 valence electrons. The Morgan fingerprint density at radius 2 is 1.05 bits per heavy atom. The van der Waals surface area contributed by atoms with E-state index < -0.39 is 0 Å². The van der Waals surface area contributed by atoms with Crippen molar-refractivity contribution in [3.05, 3.63) is 118 Å². The summed E-state index contributed by atoms with van der Waals surface area (Å²) >= 11 is 0. The second-order valence-electron chi connectivity index (χ2n) is 10.0. The zero-order valence-electron chi connectivity index (χ0n) is 22.7. The lowest BCUT2D eigenvalue weighted by atomic mass is 10.00. The van der Waals surface area contributed by atoms with Crippen LogP contribution in [-0.2, 0) is 12.8 Å². The molecule has 0 atom stereocenters. The summed E-state index contributed by atoms with van der Waals surface area (Å²) < 4.78 is 14.9. The van der Waals surface area contributed by atoms with Gasteiger partial charge in [-0.1, -0.05) is 100.0 Å². The van der Waals surface area contributed by atoms with Crippen LogP contribution >= 0.6 is 0 Å². The van der Waals surface area contributed by atoms with E-state index in [-0.39, 0.29) is 5.82 Å². The van der Waals surface area contributed by atoms with Gasteiger partial charge in [-0.3, -0.25) is 0 Å². The average molecular weight is 501 g/mol.